The lowest BCUT2D eigenvalue weighted by Gasteiger charge is -2.46. The molecular weight excluding hydrogens is 1050 g/mol. The number of amides is 1. The van der Waals surface area contributed by atoms with Gasteiger partial charge in [-0.2, -0.15) is 0 Å². The van der Waals surface area contributed by atoms with Crippen LogP contribution in [0.5, 0.6) is 0 Å². The van der Waals surface area contributed by atoms with E-state index in [0.717, 1.165) is 57.8 Å². The van der Waals surface area contributed by atoms with Crippen LogP contribution in [-0.4, -0.2) is 140 Å². The van der Waals surface area contributed by atoms with Gasteiger partial charge in [-0.1, -0.05) is 246 Å². The van der Waals surface area contributed by atoms with Gasteiger partial charge < -0.3 is 65.1 Å². The van der Waals surface area contributed by atoms with Gasteiger partial charge in [-0.05, 0) is 83.5 Å². The van der Waals surface area contributed by atoms with Crippen LogP contribution in [0.4, 0.5) is 0 Å². The average molecular weight is 1170 g/mol. The van der Waals surface area contributed by atoms with Gasteiger partial charge in [0.05, 0.1) is 32.0 Å². The Morgan fingerprint density at radius 3 is 1.33 bits per heavy atom. The monoisotopic (exact) mass is 1170 g/mol. The zero-order chi connectivity index (χ0) is 60.2. The first-order chi connectivity index (χ1) is 40.6. The van der Waals surface area contributed by atoms with Crippen molar-refractivity contribution in [2.75, 3.05) is 19.8 Å². The molecule has 0 aromatic rings. The Balaban J connectivity index is 1.73. The molecule has 2 saturated heterocycles. The van der Waals surface area contributed by atoms with E-state index in [-0.39, 0.29) is 18.9 Å². The van der Waals surface area contributed by atoms with Crippen LogP contribution in [0.15, 0.2) is 97.2 Å². The standard InChI is InChI=1S/C69H119NO13/c1-3-5-7-9-11-13-15-17-19-21-22-23-24-25-26-27-28-29-30-31-32-33-34-35-37-38-40-42-44-46-48-50-52-58(73)57(70-61(74)53-51-49-47-45-43-41-39-36-20-18-16-14-12-10-8-6-4-2)56-80-68-66(79)64(77)67(60(55-72)82-68)83-69-65(78)63(76)62(75)59(54-71)81-69/h6,8,12,14,18,20,35,37,39,41-42,44-45,47,50,52,57-60,62-69,71-73,75-79H,3-5,7,9-11,13,15-17,19,21-34,36,38,40,43,46,48-49,51,53-56H2,1-2H3,(H,70,74)/b8-6-,14-12-,20-18-,37-35+,41-39-,44-42+,47-45-,52-50+. The van der Waals surface area contributed by atoms with E-state index >= 15 is 0 Å². The normalized spacial score (nSPS) is 24.5. The van der Waals surface area contributed by atoms with E-state index in [1.165, 1.54) is 141 Å². The van der Waals surface area contributed by atoms with Crippen LogP contribution in [0.25, 0.3) is 0 Å². The van der Waals surface area contributed by atoms with E-state index in [0.29, 0.717) is 19.3 Å². The molecule has 2 heterocycles. The number of unbranched alkanes of at least 4 members (excludes halogenated alkanes) is 25. The molecule has 0 spiro atoms. The number of aliphatic hydroxyl groups is 8. The maximum Gasteiger partial charge on any atom is 0.220 e. The maximum atomic E-state index is 13.2. The molecule has 0 aliphatic carbocycles. The van der Waals surface area contributed by atoms with Gasteiger partial charge in [-0.3, -0.25) is 4.79 Å². The Hall–Kier alpha value is -3.09. The summed E-state index contributed by atoms with van der Waals surface area (Å²) in [5, 5.41) is 87.1. The van der Waals surface area contributed by atoms with E-state index in [1.807, 2.05) is 12.2 Å². The fourth-order valence-electron chi connectivity index (χ4n) is 10.2. The Bertz CT molecular complexity index is 1760. The van der Waals surface area contributed by atoms with Crippen molar-refractivity contribution in [2.45, 2.75) is 312 Å². The van der Waals surface area contributed by atoms with Crippen molar-refractivity contribution in [3.05, 3.63) is 97.2 Å². The van der Waals surface area contributed by atoms with Gasteiger partial charge >= 0.3 is 0 Å². The van der Waals surface area contributed by atoms with Crippen LogP contribution >= 0.6 is 0 Å². The Morgan fingerprint density at radius 2 is 0.843 bits per heavy atom. The number of carbonyl (C=O) groups excluding carboxylic acids is 1. The Labute approximate surface area is 503 Å². The van der Waals surface area contributed by atoms with Crippen LogP contribution < -0.4 is 5.32 Å². The van der Waals surface area contributed by atoms with Crippen LogP contribution in [-0.2, 0) is 23.7 Å². The Kier molecular flexibility index (Phi) is 48.7. The Morgan fingerprint density at radius 1 is 0.446 bits per heavy atom. The molecule has 0 bridgehead atoms. The van der Waals surface area contributed by atoms with Crippen molar-refractivity contribution in [2.24, 2.45) is 0 Å². The highest BCUT2D eigenvalue weighted by atomic mass is 16.7. The molecule has 14 heteroatoms. The highest BCUT2D eigenvalue weighted by molar-refractivity contribution is 5.76. The van der Waals surface area contributed by atoms with Crippen molar-refractivity contribution in [3.8, 4) is 0 Å². The van der Waals surface area contributed by atoms with Crippen LogP contribution in [0.1, 0.15) is 239 Å². The van der Waals surface area contributed by atoms with Crippen LogP contribution in [0, 0.1) is 0 Å². The molecule has 0 radical (unpaired) electrons. The third kappa shape index (κ3) is 37.9. The molecular formula is C69H119NO13. The summed E-state index contributed by atoms with van der Waals surface area (Å²) >= 11 is 0. The summed E-state index contributed by atoms with van der Waals surface area (Å²) in [4.78, 5) is 13.2. The van der Waals surface area contributed by atoms with Crippen molar-refractivity contribution in [1.82, 2.24) is 5.32 Å². The summed E-state index contributed by atoms with van der Waals surface area (Å²) < 4.78 is 22.7. The van der Waals surface area contributed by atoms with Gasteiger partial charge in [-0.15, -0.1) is 0 Å². The van der Waals surface area contributed by atoms with Crippen molar-refractivity contribution in [3.63, 3.8) is 0 Å². The quantitative estimate of drug-likeness (QED) is 0.0204. The minimum Gasteiger partial charge on any atom is -0.394 e. The second-order valence-corrected chi connectivity index (χ2v) is 22.8. The molecule has 14 nitrogen and oxygen atoms in total. The smallest absolute Gasteiger partial charge is 0.220 e. The average Bonchev–Trinajstić information content (AvgIpc) is 3.65. The zero-order valence-electron chi connectivity index (χ0n) is 51.7. The molecule has 2 aliphatic rings. The predicted molar refractivity (Wildman–Crippen MR) is 336 cm³/mol. The predicted octanol–water partition coefficient (Wildman–Crippen LogP) is 12.6. The summed E-state index contributed by atoms with van der Waals surface area (Å²) in [5.41, 5.74) is 0. The van der Waals surface area contributed by atoms with Crippen LogP contribution in [0.3, 0.4) is 0 Å². The molecule has 2 aliphatic heterocycles. The van der Waals surface area contributed by atoms with Gasteiger partial charge in [0, 0.05) is 6.42 Å². The van der Waals surface area contributed by atoms with Gasteiger partial charge in [0.1, 0.15) is 48.8 Å². The molecule has 12 unspecified atom stereocenters. The molecule has 478 valence electrons. The van der Waals surface area contributed by atoms with Gasteiger partial charge in [-0.25, -0.2) is 0 Å². The highest BCUT2D eigenvalue weighted by Gasteiger charge is 2.51. The van der Waals surface area contributed by atoms with E-state index in [4.69, 9.17) is 18.9 Å². The summed E-state index contributed by atoms with van der Waals surface area (Å²) in [7, 11) is 0. The van der Waals surface area contributed by atoms with Gasteiger partial charge in [0.25, 0.3) is 0 Å². The summed E-state index contributed by atoms with van der Waals surface area (Å²) in [5.74, 6) is -0.312. The van der Waals surface area contributed by atoms with Gasteiger partial charge in [0.15, 0.2) is 12.6 Å². The minimum absolute atomic E-state index is 0.186. The molecule has 0 aromatic carbocycles. The number of carbonyl (C=O) groups is 1. The molecule has 2 fully saturated rings. The molecule has 12 atom stereocenters. The van der Waals surface area contributed by atoms with Crippen molar-refractivity contribution >= 4 is 5.91 Å². The first-order valence-corrected chi connectivity index (χ1v) is 33.0. The summed E-state index contributed by atoms with van der Waals surface area (Å²) in [6, 6.07) is -0.975. The van der Waals surface area contributed by atoms with E-state index in [9.17, 15) is 45.6 Å². The summed E-state index contributed by atoms with van der Waals surface area (Å²) in [6.45, 7) is 2.62. The number of hydrogen-bond acceptors (Lipinski definition) is 13. The molecule has 1 amide bonds. The molecule has 2 rings (SSSR count). The van der Waals surface area contributed by atoms with Crippen molar-refractivity contribution < 1.29 is 64.6 Å². The van der Waals surface area contributed by atoms with E-state index < -0.39 is 86.8 Å². The fraction of sp³-hybridized carbons (Fsp3) is 0.754. The molecule has 0 saturated carbocycles. The zero-order valence-corrected chi connectivity index (χ0v) is 51.7. The number of ether oxygens (including phenoxy) is 4. The number of hydrogen-bond donors (Lipinski definition) is 9. The molecule has 9 N–H and O–H groups in total. The highest BCUT2D eigenvalue weighted by Crippen LogP contribution is 2.30. The topological polar surface area (TPSA) is 228 Å². The van der Waals surface area contributed by atoms with Gasteiger partial charge in [0.2, 0.25) is 5.91 Å². The maximum absolute atomic E-state index is 13.2. The third-order valence-electron chi connectivity index (χ3n) is 15.5. The van der Waals surface area contributed by atoms with E-state index in [2.05, 4.69) is 98.2 Å². The number of nitrogens with one attached hydrogen (secondary N) is 1. The van der Waals surface area contributed by atoms with E-state index in [1.54, 1.807) is 6.08 Å². The number of allylic oxidation sites excluding steroid dienone is 15. The lowest BCUT2D eigenvalue weighted by Crippen LogP contribution is -2.65. The largest absolute Gasteiger partial charge is 0.394 e. The summed E-state index contributed by atoms with van der Waals surface area (Å²) in [6.07, 6.45) is 57.7. The second kappa shape index (κ2) is 53.2. The first kappa shape index (κ1) is 76.0. The van der Waals surface area contributed by atoms with Crippen LogP contribution in [0.2, 0.25) is 0 Å². The second-order valence-electron chi connectivity index (χ2n) is 22.8. The lowest BCUT2D eigenvalue weighted by atomic mass is 9.97. The fourth-order valence-corrected chi connectivity index (χ4v) is 10.2. The number of aliphatic hydroxyl groups excluding tert-OH is 8. The third-order valence-corrected chi connectivity index (χ3v) is 15.5. The molecule has 83 heavy (non-hydrogen) atoms. The first-order valence-electron chi connectivity index (χ1n) is 33.0. The SMILES string of the molecule is CC/C=C\C/C=C\C/C=C\C/C=C\C/C=C\CCCC(=O)NC(COC1OC(CO)C(OC2OC(CO)C(O)C(O)C2O)C(O)C1O)C(O)/C=C/CC/C=C/CC/C=C/CCCCCCCCCCCCCCCCCCCCCCCC. The molecule has 0 aromatic heterocycles. The lowest BCUT2D eigenvalue weighted by molar-refractivity contribution is -0.359. The van der Waals surface area contributed by atoms with Crippen molar-refractivity contribution in [1.29, 1.82) is 0 Å². The number of rotatable bonds is 52. The minimum atomic E-state index is -1.80.